The summed E-state index contributed by atoms with van der Waals surface area (Å²) >= 11 is 0. The van der Waals surface area contributed by atoms with Crippen LogP contribution < -0.4 is 5.32 Å². The lowest BCUT2D eigenvalue weighted by molar-refractivity contribution is 0.0950. The number of carbonyl (C=O) groups excluding carboxylic acids is 1. The highest BCUT2D eigenvalue weighted by molar-refractivity contribution is 6.06. The van der Waals surface area contributed by atoms with Gasteiger partial charge in [-0.15, -0.1) is 0 Å². The van der Waals surface area contributed by atoms with Gasteiger partial charge in [0.2, 0.25) is 0 Å². The lowest BCUT2D eigenvalue weighted by Gasteiger charge is -2.21. The van der Waals surface area contributed by atoms with Crippen LogP contribution in [0, 0.1) is 12.3 Å². The van der Waals surface area contributed by atoms with Crippen LogP contribution in [0.2, 0.25) is 0 Å². The van der Waals surface area contributed by atoms with Crippen LogP contribution in [0.15, 0.2) is 10.6 Å². The van der Waals surface area contributed by atoms with Crippen LogP contribution in [0.25, 0.3) is 11.1 Å². The first-order chi connectivity index (χ1) is 11.2. The van der Waals surface area contributed by atoms with Crippen LogP contribution in [-0.2, 0) is 0 Å². The van der Waals surface area contributed by atoms with Gasteiger partial charge < -0.3 is 14.9 Å². The Labute approximate surface area is 142 Å². The van der Waals surface area contributed by atoms with Crippen molar-refractivity contribution in [3.8, 4) is 0 Å². The van der Waals surface area contributed by atoms with Gasteiger partial charge in [-0.1, -0.05) is 32.9 Å². The second-order valence-electron chi connectivity index (χ2n) is 7.38. The highest BCUT2D eigenvalue weighted by atomic mass is 16.5. The Hall–Kier alpha value is -1.95. The molecule has 0 aliphatic carbocycles. The van der Waals surface area contributed by atoms with Crippen LogP contribution in [0.4, 0.5) is 0 Å². The topological polar surface area (TPSA) is 88.2 Å². The molecule has 0 spiro atoms. The molecule has 2 heterocycles. The minimum Gasteiger partial charge on any atom is -0.396 e. The Bertz CT molecular complexity index is 720. The number of hydrogen-bond donors (Lipinski definition) is 2. The van der Waals surface area contributed by atoms with E-state index in [4.69, 9.17) is 4.52 Å². The molecule has 6 nitrogen and oxygen atoms in total. The molecule has 0 unspecified atom stereocenters. The molecule has 0 aliphatic rings. The van der Waals surface area contributed by atoms with Crippen molar-refractivity contribution in [1.29, 1.82) is 0 Å². The van der Waals surface area contributed by atoms with Crippen molar-refractivity contribution in [3.63, 3.8) is 0 Å². The average Bonchev–Trinajstić information content (AvgIpc) is 2.92. The van der Waals surface area contributed by atoms with Gasteiger partial charge in [-0.05, 0) is 37.2 Å². The summed E-state index contributed by atoms with van der Waals surface area (Å²) in [4.78, 5) is 17.1. The minimum absolute atomic E-state index is 0.120. The van der Waals surface area contributed by atoms with Gasteiger partial charge in [0.05, 0.1) is 16.6 Å². The number of pyridine rings is 1. The number of fused-ring (bicyclic) bond motifs is 1. The molecule has 0 aliphatic heterocycles. The molecule has 2 aromatic rings. The molecule has 0 fully saturated rings. The fourth-order valence-corrected chi connectivity index (χ4v) is 2.53. The van der Waals surface area contributed by atoms with Crippen molar-refractivity contribution in [3.05, 3.63) is 23.0 Å². The second-order valence-corrected chi connectivity index (χ2v) is 7.38. The third-order valence-corrected chi connectivity index (χ3v) is 4.22. The molecule has 1 amide bonds. The number of carbonyl (C=O) groups is 1. The fraction of sp³-hybridized carbons (Fsp3) is 0.611. The highest BCUT2D eigenvalue weighted by Gasteiger charge is 2.20. The van der Waals surface area contributed by atoms with E-state index in [9.17, 15) is 9.90 Å². The van der Waals surface area contributed by atoms with Crippen molar-refractivity contribution in [2.24, 2.45) is 5.41 Å². The Morgan fingerprint density at radius 2 is 2.12 bits per heavy atom. The van der Waals surface area contributed by atoms with Gasteiger partial charge in [0, 0.05) is 18.8 Å². The molecule has 2 rings (SSSR count). The number of aliphatic hydroxyl groups is 1. The molecular weight excluding hydrogens is 306 g/mol. The summed E-state index contributed by atoms with van der Waals surface area (Å²) in [6.07, 6.45) is 1.66. The normalized spacial score (nSPS) is 12.1. The van der Waals surface area contributed by atoms with Crippen LogP contribution in [0.1, 0.15) is 68.2 Å². The van der Waals surface area contributed by atoms with Gasteiger partial charge in [-0.2, -0.15) is 0 Å². The van der Waals surface area contributed by atoms with Crippen LogP contribution in [-0.4, -0.2) is 34.3 Å². The molecular formula is C18H27N3O3. The smallest absolute Gasteiger partial charge is 0.259 e. The Morgan fingerprint density at radius 3 is 2.75 bits per heavy atom. The molecule has 0 radical (unpaired) electrons. The summed E-state index contributed by atoms with van der Waals surface area (Å²) < 4.78 is 5.25. The monoisotopic (exact) mass is 333 g/mol. The van der Waals surface area contributed by atoms with Crippen molar-refractivity contribution in [2.75, 3.05) is 13.2 Å². The van der Waals surface area contributed by atoms with E-state index in [1.165, 1.54) is 0 Å². The van der Waals surface area contributed by atoms with Gasteiger partial charge in [0.25, 0.3) is 11.6 Å². The summed E-state index contributed by atoms with van der Waals surface area (Å²) in [5.41, 5.74) is 2.32. The van der Waals surface area contributed by atoms with Crippen LogP contribution in [0.3, 0.4) is 0 Å². The molecule has 0 bridgehead atoms. The van der Waals surface area contributed by atoms with Gasteiger partial charge in [-0.25, -0.2) is 4.98 Å². The van der Waals surface area contributed by atoms with Crippen LogP contribution in [0.5, 0.6) is 0 Å². The van der Waals surface area contributed by atoms with E-state index in [1.54, 1.807) is 0 Å². The summed E-state index contributed by atoms with van der Waals surface area (Å²) in [6, 6.07) is 1.82. The minimum atomic E-state index is -0.141. The Kier molecular flexibility index (Phi) is 5.59. The first-order valence-electron chi connectivity index (χ1n) is 8.41. The van der Waals surface area contributed by atoms with Crippen molar-refractivity contribution in [1.82, 2.24) is 15.5 Å². The number of aliphatic hydroxyl groups excluding tert-OH is 1. The molecule has 0 aromatic carbocycles. The Morgan fingerprint density at radius 1 is 1.42 bits per heavy atom. The third kappa shape index (κ3) is 4.12. The average molecular weight is 333 g/mol. The lowest BCUT2D eigenvalue weighted by Crippen LogP contribution is -2.27. The van der Waals surface area contributed by atoms with Gasteiger partial charge >= 0.3 is 0 Å². The van der Waals surface area contributed by atoms with E-state index in [0.29, 0.717) is 28.9 Å². The number of hydrogen-bond acceptors (Lipinski definition) is 5. The zero-order chi connectivity index (χ0) is 17.9. The molecule has 2 aromatic heterocycles. The molecule has 0 saturated carbocycles. The molecule has 132 valence electrons. The molecule has 6 heteroatoms. The zero-order valence-corrected chi connectivity index (χ0v) is 15.1. The van der Waals surface area contributed by atoms with Gasteiger partial charge in [-0.3, -0.25) is 4.79 Å². The SMILES string of the molecule is Cc1noc2nc(C(C)C)cc(C(=O)NCCCC(C)(C)CO)c12. The van der Waals surface area contributed by atoms with Gasteiger partial charge in [0.1, 0.15) is 0 Å². The quantitative estimate of drug-likeness (QED) is 0.760. The van der Waals surface area contributed by atoms with E-state index in [1.807, 2.05) is 40.7 Å². The maximum absolute atomic E-state index is 12.6. The van der Waals surface area contributed by atoms with Gasteiger partial charge in [0.15, 0.2) is 0 Å². The molecule has 24 heavy (non-hydrogen) atoms. The summed E-state index contributed by atoms with van der Waals surface area (Å²) in [5, 5.41) is 16.8. The van der Waals surface area contributed by atoms with E-state index in [-0.39, 0.29) is 23.8 Å². The van der Waals surface area contributed by atoms with Crippen molar-refractivity contribution >= 4 is 17.0 Å². The third-order valence-electron chi connectivity index (χ3n) is 4.22. The van der Waals surface area contributed by atoms with E-state index >= 15 is 0 Å². The predicted molar refractivity (Wildman–Crippen MR) is 93.1 cm³/mol. The maximum Gasteiger partial charge on any atom is 0.259 e. The summed E-state index contributed by atoms with van der Waals surface area (Å²) in [7, 11) is 0. The number of rotatable bonds is 7. The summed E-state index contributed by atoms with van der Waals surface area (Å²) in [5.74, 6) is 0.0501. The second kappa shape index (κ2) is 7.30. The number of nitrogens with one attached hydrogen (secondary N) is 1. The number of aryl methyl sites for hydroxylation is 1. The highest BCUT2D eigenvalue weighted by Crippen LogP contribution is 2.25. The number of nitrogens with zero attached hydrogens (tertiary/aromatic N) is 2. The largest absolute Gasteiger partial charge is 0.396 e. The zero-order valence-electron chi connectivity index (χ0n) is 15.1. The fourth-order valence-electron chi connectivity index (χ4n) is 2.53. The van der Waals surface area contributed by atoms with E-state index in [2.05, 4.69) is 15.5 Å². The molecule has 0 atom stereocenters. The molecule has 0 saturated heterocycles. The summed E-state index contributed by atoms with van der Waals surface area (Å²) in [6.45, 7) is 10.6. The lowest BCUT2D eigenvalue weighted by atomic mass is 9.89. The number of amides is 1. The number of aromatic nitrogens is 2. The van der Waals surface area contributed by atoms with E-state index < -0.39 is 0 Å². The first-order valence-corrected chi connectivity index (χ1v) is 8.41. The Balaban J connectivity index is 2.15. The maximum atomic E-state index is 12.6. The first kappa shape index (κ1) is 18.4. The molecule has 2 N–H and O–H groups in total. The standard InChI is InChI=1S/C18H27N3O3/c1-11(2)14-9-13(15-12(3)21-24-17(15)20-14)16(23)19-8-6-7-18(4,5)10-22/h9,11,22H,6-8,10H2,1-5H3,(H,19,23). The van der Waals surface area contributed by atoms with Crippen molar-refractivity contribution < 1.29 is 14.4 Å². The predicted octanol–water partition coefficient (Wildman–Crippen LogP) is 3.18. The van der Waals surface area contributed by atoms with Crippen LogP contribution >= 0.6 is 0 Å². The van der Waals surface area contributed by atoms with E-state index in [0.717, 1.165) is 18.5 Å². The van der Waals surface area contributed by atoms with Crippen molar-refractivity contribution in [2.45, 2.75) is 53.4 Å².